The molecule has 0 bridgehead atoms. The van der Waals surface area contributed by atoms with Gasteiger partial charge in [-0.2, -0.15) is 0 Å². The first-order valence-corrected chi connectivity index (χ1v) is 6.85. The minimum absolute atomic E-state index is 0.549. The van der Waals surface area contributed by atoms with Crippen LogP contribution >= 0.6 is 0 Å². The molecule has 0 saturated heterocycles. The molecule has 0 atom stereocenters. The minimum Gasteiger partial charge on any atom is -0.319 e. The van der Waals surface area contributed by atoms with E-state index in [1.54, 1.807) is 0 Å². The predicted molar refractivity (Wildman–Crippen MR) is 78.0 cm³/mol. The van der Waals surface area contributed by atoms with Crippen molar-refractivity contribution in [2.24, 2.45) is 5.41 Å². The third kappa shape index (κ3) is 2.28. The highest BCUT2D eigenvalue weighted by Gasteiger charge is 2.41. The molecular weight excluding hydrogens is 218 g/mol. The average molecular weight is 239 g/mol. The van der Waals surface area contributed by atoms with E-state index in [0.717, 1.165) is 6.54 Å². The zero-order valence-corrected chi connectivity index (χ0v) is 11.3. The smallest absolute Gasteiger partial charge is 0.000800 e. The van der Waals surface area contributed by atoms with E-state index in [0.29, 0.717) is 5.41 Å². The maximum atomic E-state index is 3.34. The molecule has 0 unspecified atom stereocenters. The number of benzene rings is 2. The molecule has 0 heterocycles. The largest absolute Gasteiger partial charge is 0.319 e. The maximum absolute atomic E-state index is 3.34. The highest BCUT2D eigenvalue weighted by atomic mass is 14.8. The predicted octanol–water partition coefficient (Wildman–Crippen LogP) is 3.69. The fraction of sp³-hybridized carbons (Fsp3) is 0.412. The maximum Gasteiger partial charge on any atom is 0.000800 e. The molecular formula is C17H21N. The van der Waals surface area contributed by atoms with E-state index in [4.69, 9.17) is 0 Å². The van der Waals surface area contributed by atoms with E-state index in [9.17, 15) is 0 Å². The summed E-state index contributed by atoms with van der Waals surface area (Å²) in [6, 6.07) is 13.6. The van der Waals surface area contributed by atoms with Crippen LogP contribution in [0.3, 0.4) is 0 Å². The summed E-state index contributed by atoms with van der Waals surface area (Å²) in [6.07, 6.45) is 3.97. The quantitative estimate of drug-likeness (QED) is 0.858. The van der Waals surface area contributed by atoms with Crippen LogP contribution in [0.1, 0.15) is 24.0 Å². The van der Waals surface area contributed by atoms with Crippen molar-refractivity contribution in [2.75, 3.05) is 13.6 Å². The molecule has 0 aromatic heterocycles. The monoisotopic (exact) mass is 239 g/mol. The Kier molecular flexibility index (Phi) is 2.87. The summed E-state index contributed by atoms with van der Waals surface area (Å²) >= 11 is 0. The van der Waals surface area contributed by atoms with E-state index in [2.05, 4.69) is 55.7 Å². The molecule has 0 amide bonds. The van der Waals surface area contributed by atoms with Crippen LogP contribution < -0.4 is 5.32 Å². The molecule has 1 nitrogen and oxygen atoms in total. The first-order chi connectivity index (χ1) is 8.71. The van der Waals surface area contributed by atoms with Crippen molar-refractivity contribution >= 4 is 10.8 Å². The van der Waals surface area contributed by atoms with E-state index in [1.165, 1.54) is 41.2 Å². The summed E-state index contributed by atoms with van der Waals surface area (Å²) in [6.45, 7) is 3.30. The molecule has 2 aromatic carbocycles. The van der Waals surface area contributed by atoms with Gasteiger partial charge in [0.2, 0.25) is 0 Å². The third-order valence-corrected chi connectivity index (χ3v) is 4.15. The SMILES string of the molecule is CNCC1(Cc2ccc3cc(C)ccc3c2)CC1. The van der Waals surface area contributed by atoms with Gasteiger partial charge in [0.05, 0.1) is 0 Å². The highest BCUT2D eigenvalue weighted by molar-refractivity contribution is 5.83. The van der Waals surface area contributed by atoms with Crippen LogP contribution in [0.15, 0.2) is 36.4 Å². The van der Waals surface area contributed by atoms with Crippen molar-refractivity contribution < 1.29 is 0 Å². The zero-order chi connectivity index (χ0) is 12.6. The minimum atomic E-state index is 0.549. The van der Waals surface area contributed by atoms with Gasteiger partial charge in [-0.15, -0.1) is 0 Å². The van der Waals surface area contributed by atoms with Gasteiger partial charge in [0.25, 0.3) is 0 Å². The normalized spacial score (nSPS) is 17.0. The Morgan fingerprint density at radius 3 is 2.50 bits per heavy atom. The van der Waals surface area contributed by atoms with Gasteiger partial charge in [0.1, 0.15) is 0 Å². The van der Waals surface area contributed by atoms with Crippen molar-refractivity contribution in [1.29, 1.82) is 0 Å². The second-order valence-corrected chi connectivity index (χ2v) is 5.89. The molecule has 0 aliphatic heterocycles. The number of fused-ring (bicyclic) bond motifs is 1. The molecule has 1 fully saturated rings. The van der Waals surface area contributed by atoms with Crippen LogP contribution in [0, 0.1) is 12.3 Å². The molecule has 2 aromatic rings. The highest BCUT2D eigenvalue weighted by Crippen LogP contribution is 2.47. The molecule has 18 heavy (non-hydrogen) atoms. The summed E-state index contributed by atoms with van der Waals surface area (Å²) in [5.41, 5.74) is 3.37. The summed E-state index contributed by atoms with van der Waals surface area (Å²) in [7, 11) is 2.06. The molecule has 94 valence electrons. The number of hydrogen-bond donors (Lipinski definition) is 1. The summed E-state index contributed by atoms with van der Waals surface area (Å²) in [4.78, 5) is 0. The van der Waals surface area contributed by atoms with Crippen molar-refractivity contribution in [3.05, 3.63) is 47.5 Å². The summed E-state index contributed by atoms with van der Waals surface area (Å²) < 4.78 is 0. The molecule has 1 heteroatoms. The van der Waals surface area contributed by atoms with Crippen LogP contribution in [0.25, 0.3) is 10.8 Å². The van der Waals surface area contributed by atoms with Crippen molar-refractivity contribution in [3.8, 4) is 0 Å². The Hall–Kier alpha value is -1.34. The van der Waals surface area contributed by atoms with Crippen LogP contribution in [0.5, 0.6) is 0 Å². The van der Waals surface area contributed by atoms with Gasteiger partial charge >= 0.3 is 0 Å². The molecule has 1 saturated carbocycles. The first-order valence-electron chi connectivity index (χ1n) is 6.85. The molecule has 1 aliphatic rings. The molecule has 3 rings (SSSR count). The second kappa shape index (κ2) is 4.40. The lowest BCUT2D eigenvalue weighted by atomic mass is 9.94. The fourth-order valence-electron chi connectivity index (χ4n) is 2.93. The summed E-state index contributed by atoms with van der Waals surface area (Å²) in [5.74, 6) is 0. The number of hydrogen-bond acceptors (Lipinski definition) is 1. The number of nitrogens with one attached hydrogen (secondary N) is 1. The standard InChI is InChI=1S/C17H21N/c1-13-3-5-16-10-14(4-6-15(16)9-13)11-17(7-8-17)12-18-2/h3-6,9-10,18H,7-8,11-12H2,1-2H3. The Bertz CT molecular complexity index is 567. The fourth-order valence-corrected chi connectivity index (χ4v) is 2.93. The van der Waals surface area contributed by atoms with Gasteiger partial charge in [-0.3, -0.25) is 0 Å². The third-order valence-electron chi connectivity index (χ3n) is 4.15. The van der Waals surface area contributed by atoms with Crippen molar-refractivity contribution in [2.45, 2.75) is 26.2 Å². The van der Waals surface area contributed by atoms with E-state index in [1.807, 2.05) is 0 Å². The van der Waals surface area contributed by atoms with E-state index >= 15 is 0 Å². The van der Waals surface area contributed by atoms with Crippen LogP contribution in [-0.4, -0.2) is 13.6 Å². The van der Waals surface area contributed by atoms with Gasteiger partial charge in [-0.05, 0) is 55.0 Å². The Labute approximate surface area is 109 Å². The van der Waals surface area contributed by atoms with Gasteiger partial charge in [0, 0.05) is 6.54 Å². The summed E-state index contributed by atoms with van der Waals surface area (Å²) in [5, 5.41) is 6.07. The van der Waals surface area contributed by atoms with Crippen molar-refractivity contribution in [1.82, 2.24) is 5.32 Å². The van der Waals surface area contributed by atoms with E-state index in [-0.39, 0.29) is 0 Å². The van der Waals surface area contributed by atoms with Gasteiger partial charge in [0.15, 0.2) is 0 Å². The first kappa shape index (κ1) is 11.7. The lowest BCUT2D eigenvalue weighted by Crippen LogP contribution is -2.21. The molecule has 0 radical (unpaired) electrons. The lowest BCUT2D eigenvalue weighted by molar-refractivity contribution is 0.478. The van der Waals surface area contributed by atoms with E-state index < -0.39 is 0 Å². The lowest BCUT2D eigenvalue weighted by Gasteiger charge is -2.15. The van der Waals surface area contributed by atoms with Crippen molar-refractivity contribution in [3.63, 3.8) is 0 Å². The van der Waals surface area contributed by atoms with Crippen LogP contribution in [-0.2, 0) is 6.42 Å². The Morgan fingerprint density at radius 2 is 1.78 bits per heavy atom. The zero-order valence-electron chi connectivity index (χ0n) is 11.3. The van der Waals surface area contributed by atoms with Crippen LogP contribution in [0.2, 0.25) is 0 Å². The van der Waals surface area contributed by atoms with Gasteiger partial charge in [-0.1, -0.05) is 42.0 Å². The Balaban J connectivity index is 1.87. The van der Waals surface area contributed by atoms with Gasteiger partial charge in [-0.25, -0.2) is 0 Å². The number of rotatable bonds is 4. The Morgan fingerprint density at radius 1 is 1.06 bits per heavy atom. The average Bonchev–Trinajstić information content (AvgIpc) is 3.10. The number of aryl methyl sites for hydroxylation is 1. The molecule has 1 aliphatic carbocycles. The molecule has 0 spiro atoms. The molecule has 1 N–H and O–H groups in total. The topological polar surface area (TPSA) is 12.0 Å². The second-order valence-electron chi connectivity index (χ2n) is 5.89. The van der Waals surface area contributed by atoms with Gasteiger partial charge < -0.3 is 5.32 Å². The van der Waals surface area contributed by atoms with Crippen LogP contribution in [0.4, 0.5) is 0 Å².